The minimum absolute atomic E-state index is 0.0106. The lowest BCUT2D eigenvalue weighted by Gasteiger charge is -2.38. The molecular weight excluding hydrogens is 562 g/mol. The number of carbonyl (C=O) groups is 2. The largest absolute Gasteiger partial charge is 0.438 e. The van der Waals surface area contributed by atoms with Crippen LogP contribution in [-0.4, -0.2) is 43.9 Å². The van der Waals surface area contributed by atoms with Crippen LogP contribution in [0.15, 0.2) is 0 Å². The lowest BCUT2D eigenvalue weighted by Crippen LogP contribution is -2.37. The quantitative estimate of drug-likeness (QED) is 0.131. The Hall–Kier alpha value is -0.980. The van der Waals surface area contributed by atoms with Gasteiger partial charge in [-0.3, -0.25) is 4.79 Å². The normalized spacial score (nSPS) is 39.4. The zero-order chi connectivity index (χ0) is 33.6. The highest BCUT2D eigenvalue weighted by molar-refractivity contribution is 5.73. The third kappa shape index (κ3) is 10.3. The maximum atomic E-state index is 13.4. The Morgan fingerprint density at radius 2 is 1.62 bits per heavy atom. The van der Waals surface area contributed by atoms with Crippen molar-refractivity contribution in [2.24, 2.45) is 69.8 Å². The van der Waals surface area contributed by atoms with E-state index in [1.165, 1.54) is 25.7 Å². The molecule has 0 spiro atoms. The Labute approximate surface area is 277 Å². The van der Waals surface area contributed by atoms with Gasteiger partial charge in [-0.15, -0.1) is 0 Å². The Balaban J connectivity index is 0.000000719. The average Bonchev–Trinajstić information content (AvgIpc) is 3.22. The first-order chi connectivity index (χ1) is 21.2. The number of carbonyl (C=O) groups excluding carboxylic acids is 2. The molecule has 0 aromatic rings. The van der Waals surface area contributed by atoms with E-state index in [9.17, 15) is 9.59 Å². The highest BCUT2D eigenvalue weighted by Crippen LogP contribution is 2.61. The first-order valence-corrected chi connectivity index (χ1v) is 18.7. The van der Waals surface area contributed by atoms with Crippen LogP contribution in [0.4, 0.5) is 0 Å². The van der Waals surface area contributed by atoms with Gasteiger partial charge in [0.05, 0.1) is 18.6 Å². The van der Waals surface area contributed by atoms with Crippen molar-refractivity contribution >= 4 is 12.3 Å². The van der Waals surface area contributed by atoms with Crippen molar-refractivity contribution in [1.29, 1.82) is 0 Å². The Bertz CT molecular complexity index is 923. The molecule has 11 unspecified atom stereocenters. The van der Waals surface area contributed by atoms with Crippen LogP contribution in [0, 0.1) is 64.1 Å². The summed E-state index contributed by atoms with van der Waals surface area (Å²) < 4.78 is 18.2. The van der Waals surface area contributed by atoms with Gasteiger partial charge in [-0.1, -0.05) is 75.7 Å². The molecule has 262 valence electrons. The molecule has 11 atom stereocenters. The number of esters is 1. The van der Waals surface area contributed by atoms with Crippen molar-refractivity contribution in [3.05, 3.63) is 0 Å². The fourth-order valence-corrected chi connectivity index (χ4v) is 9.47. The number of fused-ring (bicyclic) bond motifs is 4. The van der Waals surface area contributed by atoms with E-state index < -0.39 is 0 Å². The van der Waals surface area contributed by atoms with E-state index in [0.717, 1.165) is 63.3 Å². The minimum atomic E-state index is -0.168. The van der Waals surface area contributed by atoms with Crippen molar-refractivity contribution in [2.45, 2.75) is 152 Å². The topological polar surface area (TPSA) is 87.8 Å². The standard InChI is InChI=1S/C32H53NO5.C5H12.C2H6/c1-5-23-15-24(16-36-18-32(33)17-31(32,3)4)29-25(23)12-22-13-26(29)27(14-22)30(35)38-19-37-28-9-8-21(7-6-10-34)11-20(28)2;1-5(2,3)4;1-2/h10,20-29H,5-9,11-19,33H2,1-4H3;1-4H3;1-2H3. The summed E-state index contributed by atoms with van der Waals surface area (Å²) in [6.45, 7) is 23.3. The van der Waals surface area contributed by atoms with Crippen molar-refractivity contribution in [1.82, 2.24) is 0 Å². The lowest BCUT2D eigenvalue weighted by molar-refractivity contribution is -0.172. The molecule has 0 heterocycles. The zero-order valence-electron chi connectivity index (χ0n) is 30.9. The molecule has 0 aromatic heterocycles. The minimum Gasteiger partial charge on any atom is -0.438 e. The van der Waals surface area contributed by atoms with Crippen LogP contribution in [0.2, 0.25) is 0 Å². The highest BCUT2D eigenvalue weighted by atomic mass is 16.7. The third-order valence-corrected chi connectivity index (χ3v) is 11.9. The maximum absolute atomic E-state index is 13.4. The molecule has 5 saturated carbocycles. The van der Waals surface area contributed by atoms with Crippen LogP contribution >= 0.6 is 0 Å². The molecule has 0 amide bonds. The molecule has 6 heteroatoms. The number of hydrogen-bond donors (Lipinski definition) is 1. The summed E-state index contributed by atoms with van der Waals surface area (Å²) >= 11 is 0. The number of ether oxygens (including phenoxy) is 3. The SMILES string of the molecule is CC.CC(C)(C)C.CCC1CC(COCC2(N)CC2(C)C)C2C1CC1CC(C(=O)OCOC3CCC(CCC=O)CC3C)C2C1. The highest BCUT2D eigenvalue weighted by Gasteiger charge is 2.59. The number of hydrogen-bond acceptors (Lipinski definition) is 6. The van der Waals surface area contributed by atoms with Gasteiger partial charge in [-0.2, -0.15) is 0 Å². The molecule has 5 aliphatic carbocycles. The van der Waals surface area contributed by atoms with E-state index in [-0.39, 0.29) is 35.7 Å². The fraction of sp³-hybridized carbons (Fsp3) is 0.949. The van der Waals surface area contributed by atoms with Gasteiger partial charge in [0.2, 0.25) is 0 Å². The second-order valence-electron chi connectivity index (χ2n) is 17.7. The Kier molecular flexibility index (Phi) is 14.0. The molecular formula is C39H71NO5. The van der Waals surface area contributed by atoms with Crippen molar-refractivity contribution in [3.8, 4) is 0 Å². The molecule has 2 N–H and O–H groups in total. The smallest absolute Gasteiger partial charge is 0.311 e. The van der Waals surface area contributed by atoms with E-state index in [4.69, 9.17) is 19.9 Å². The summed E-state index contributed by atoms with van der Waals surface area (Å²) in [6.07, 6.45) is 12.9. The summed E-state index contributed by atoms with van der Waals surface area (Å²) in [7, 11) is 0. The van der Waals surface area contributed by atoms with Gasteiger partial charge in [0, 0.05) is 18.6 Å². The maximum Gasteiger partial charge on any atom is 0.311 e. The van der Waals surface area contributed by atoms with Crippen LogP contribution in [0.1, 0.15) is 140 Å². The summed E-state index contributed by atoms with van der Waals surface area (Å²) in [5.74, 6) is 4.69. The zero-order valence-corrected chi connectivity index (χ0v) is 30.9. The fourth-order valence-electron chi connectivity index (χ4n) is 9.47. The molecule has 5 fully saturated rings. The second-order valence-corrected chi connectivity index (χ2v) is 17.7. The van der Waals surface area contributed by atoms with Crippen LogP contribution in [0.25, 0.3) is 0 Å². The molecule has 45 heavy (non-hydrogen) atoms. The van der Waals surface area contributed by atoms with Crippen molar-refractivity contribution in [2.75, 3.05) is 20.0 Å². The third-order valence-electron chi connectivity index (χ3n) is 11.9. The van der Waals surface area contributed by atoms with Gasteiger partial charge in [0.25, 0.3) is 0 Å². The number of rotatable bonds is 12. The van der Waals surface area contributed by atoms with Gasteiger partial charge in [-0.05, 0) is 116 Å². The molecule has 5 rings (SSSR count). The number of nitrogens with two attached hydrogens (primary N) is 1. The predicted octanol–water partition coefficient (Wildman–Crippen LogP) is 8.83. The Morgan fingerprint density at radius 1 is 0.978 bits per heavy atom. The van der Waals surface area contributed by atoms with Gasteiger partial charge < -0.3 is 24.7 Å². The van der Waals surface area contributed by atoms with E-state index >= 15 is 0 Å². The molecule has 0 aliphatic heterocycles. The summed E-state index contributed by atoms with van der Waals surface area (Å²) in [5, 5.41) is 0. The van der Waals surface area contributed by atoms with Gasteiger partial charge in [0.15, 0.2) is 6.79 Å². The molecule has 0 saturated heterocycles. The Morgan fingerprint density at radius 3 is 2.20 bits per heavy atom. The van der Waals surface area contributed by atoms with Gasteiger partial charge >= 0.3 is 5.97 Å². The number of aldehydes is 1. The summed E-state index contributed by atoms with van der Waals surface area (Å²) in [5.41, 5.74) is 7.06. The van der Waals surface area contributed by atoms with E-state index in [1.807, 2.05) is 13.8 Å². The van der Waals surface area contributed by atoms with E-state index in [1.54, 1.807) is 0 Å². The molecule has 0 radical (unpaired) electrons. The van der Waals surface area contributed by atoms with Crippen LogP contribution in [0.5, 0.6) is 0 Å². The lowest BCUT2D eigenvalue weighted by atomic mass is 9.68. The van der Waals surface area contributed by atoms with Crippen LogP contribution in [0.3, 0.4) is 0 Å². The molecule has 5 aliphatic rings. The van der Waals surface area contributed by atoms with Crippen molar-refractivity contribution in [3.63, 3.8) is 0 Å². The van der Waals surface area contributed by atoms with E-state index in [0.29, 0.717) is 54.0 Å². The van der Waals surface area contributed by atoms with Crippen molar-refractivity contribution < 1.29 is 23.8 Å². The average molecular weight is 634 g/mol. The van der Waals surface area contributed by atoms with Gasteiger partial charge in [0.1, 0.15) is 6.29 Å². The first-order valence-electron chi connectivity index (χ1n) is 18.7. The van der Waals surface area contributed by atoms with Gasteiger partial charge in [-0.25, -0.2) is 0 Å². The molecule has 0 aromatic carbocycles. The molecule has 6 nitrogen and oxygen atoms in total. The first kappa shape index (κ1) is 38.5. The second kappa shape index (κ2) is 16.4. The molecule has 2 bridgehead atoms. The summed E-state index contributed by atoms with van der Waals surface area (Å²) in [4.78, 5) is 24.1. The van der Waals surface area contributed by atoms with Crippen LogP contribution in [-0.2, 0) is 23.8 Å². The monoisotopic (exact) mass is 634 g/mol. The van der Waals surface area contributed by atoms with Crippen LogP contribution < -0.4 is 5.73 Å². The predicted molar refractivity (Wildman–Crippen MR) is 183 cm³/mol. The summed E-state index contributed by atoms with van der Waals surface area (Å²) in [6, 6.07) is 0. The van der Waals surface area contributed by atoms with E-state index in [2.05, 4.69) is 55.4 Å².